The van der Waals surface area contributed by atoms with Crippen molar-refractivity contribution >= 4 is 34.8 Å². The smallest absolute Gasteiger partial charge is 0.0957 e. The minimum absolute atomic E-state index is 0.246. The summed E-state index contributed by atoms with van der Waals surface area (Å²) in [7, 11) is 0. The summed E-state index contributed by atoms with van der Waals surface area (Å²) in [5.41, 5.74) is 0. The summed E-state index contributed by atoms with van der Waals surface area (Å²) in [4.78, 5) is 0. The van der Waals surface area contributed by atoms with E-state index in [0.717, 1.165) is 0 Å². The Labute approximate surface area is 58.1 Å². The van der Waals surface area contributed by atoms with Gasteiger partial charge in [0.1, 0.15) is 4.33 Å². The Bertz CT molecular complexity index is 79.4. The standard InChI is InChI=1S/C4H5Cl3/c1-3(5)4(2,6)7/h1H2,2H3. The fourth-order valence-corrected chi connectivity index (χ4v) is 0. The molecule has 0 spiro atoms. The highest BCUT2D eigenvalue weighted by Gasteiger charge is 2.17. The molecule has 0 saturated heterocycles. The minimum Gasteiger partial charge on any atom is -0.0957 e. The maximum absolute atomic E-state index is 5.40. The van der Waals surface area contributed by atoms with Gasteiger partial charge < -0.3 is 0 Å². The van der Waals surface area contributed by atoms with E-state index in [1.807, 2.05) is 0 Å². The molecule has 7 heavy (non-hydrogen) atoms. The maximum Gasteiger partial charge on any atom is 0.150 e. The summed E-state index contributed by atoms with van der Waals surface area (Å²) in [6, 6.07) is 0. The number of rotatable bonds is 1. The van der Waals surface area contributed by atoms with E-state index in [4.69, 9.17) is 34.8 Å². The molecule has 0 radical (unpaired) electrons. The van der Waals surface area contributed by atoms with Crippen LogP contribution in [0.3, 0.4) is 0 Å². The SMILES string of the molecule is C=C(Cl)C(C)(Cl)Cl. The molecule has 0 aliphatic carbocycles. The average Bonchev–Trinajstić information content (AvgIpc) is 1.31. The lowest BCUT2D eigenvalue weighted by atomic mass is 10.5. The van der Waals surface area contributed by atoms with Crippen molar-refractivity contribution in [1.82, 2.24) is 0 Å². The van der Waals surface area contributed by atoms with Gasteiger partial charge in [-0.3, -0.25) is 0 Å². The highest BCUT2D eigenvalue weighted by molar-refractivity contribution is 6.55. The lowest BCUT2D eigenvalue weighted by molar-refractivity contribution is 1.10. The molecule has 0 amide bonds. The first kappa shape index (κ1) is 7.61. The number of allylic oxidation sites excluding steroid dienone is 1. The van der Waals surface area contributed by atoms with E-state index in [2.05, 4.69) is 6.58 Å². The molecule has 0 nitrogen and oxygen atoms in total. The average molecular weight is 159 g/mol. The third kappa shape index (κ3) is 3.22. The molecule has 0 aromatic rings. The zero-order valence-corrected chi connectivity index (χ0v) is 6.11. The Morgan fingerprint density at radius 2 is 1.71 bits per heavy atom. The van der Waals surface area contributed by atoms with Gasteiger partial charge in [-0.15, -0.1) is 0 Å². The Balaban J connectivity index is 3.79. The topological polar surface area (TPSA) is 0 Å². The third-order valence-corrected chi connectivity index (χ3v) is 1.50. The van der Waals surface area contributed by atoms with Crippen LogP contribution < -0.4 is 0 Å². The fraction of sp³-hybridized carbons (Fsp3) is 0.500. The lowest BCUT2D eigenvalue weighted by Crippen LogP contribution is -2.03. The quantitative estimate of drug-likeness (QED) is 0.516. The highest BCUT2D eigenvalue weighted by atomic mass is 35.5. The van der Waals surface area contributed by atoms with Gasteiger partial charge in [-0.05, 0) is 6.92 Å². The Kier molecular flexibility index (Phi) is 2.45. The number of halogens is 3. The number of alkyl halides is 2. The molecule has 0 unspecified atom stereocenters. The predicted octanol–water partition coefficient (Wildman–Crippen LogP) is 2.93. The number of hydrogen-bond acceptors (Lipinski definition) is 0. The van der Waals surface area contributed by atoms with Gasteiger partial charge in [0.2, 0.25) is 0 Å². The van der Waals surface area contributed by atoms with Gasteiger partial charge in [-0.1, -0.05) is 41.4 Å². The van der Waals surface area contributed by atoms with Gasteiger partial charge in [0.25, 0.3) is 0 Å². The molecular formula is C4H5Cl3. The van der Waals surface area contributed by atoms with Gasteiger partial charge in [-0.2, -0.15) is 0 Å². The van der Waals surface area contributed by atoms with Crippen LogP contribution in [0.1, 0.15) is 6.92 Å². The van der Waals surface area contributed by atoms with Crippen molar-refractivity contribution in [3.05, 3.63) is 11.6 Å². The maximum atomic E-state index is 5.40. The van der Waals surface area contributed by atoms with Crippen molar-refractivity contribution in [2.24, 2.45) is 0 Å². The molecule has 0 atom stereocenters. The summed E-state index contributed by atoms with van der Waals surface area (Å²) < 4.78 is -0.985. The van der Waals surface area contributed by atoms with Gasteiger partial charge in [0.15, 0.2) is 0 Å². The monoisotopic (exact) mass is 158 g/mol. The van der Waals surface area contributed by atoms with Gasteiger partial charge in [-0.25, -0.2) is 0 Å². The number of hydrogen-bond donors (Lipinski definition) is 0. The van der Waals surface area contributed by atoms with Crippen molar-refractivity contribution in [1.29, 1.82) is 0 Å². The van der Waals surface area contributed by atoms with Crippen LogP contribution in [0.15, 0.2) is 11.6 Å². The summed E-state index contributed by atoms with van der Waals surface area (Å²) >= 11 is 16.1. The van der Waals surface area contributed by atoms with Crippen molar-refractivity contribution < 1.29 is 0 Å². The predicted molar refractivity (Wildman–Crippen MR) is 35.1 cm³/mol. The van der Waals surface area contributed by atoms with Crippen LogP contribution in [0.2, 0.25) is 0 Å². The van der Waals surface area contributed by atoms with Crippen molar-refractivity contribution in [2.45, 2.75) is 11.3 Å². The van der Waals surface area contributed by atoms with Crippen LogP contribution in [0.4, 0.5) is 0 Å². The van der Waals surface area contributed by atoms with Gasteiger partial charge in [0, 0.05) is 5.03 Å². The first-order valence-electron chi connectivity index (χ1n) is 1.67. The molecule has 0 aromatic heterocycles. The van der Waals surface area contributed by atoms with E-state index >= 15 is 0 Å². The van der Waals surface area contributed by atoms with Gasteiger partial charge in [0.05, 0.1) is 0 Å². The molecular weight excluding hydrogens is 154 g/mol. The van der Waals surface area contributed by atoms with Crippen LogP contribution in [0.25, 0.3) is 0 Å². The molecule has 0 heterocycles. The van der Waals surface area contributed by atoms with E-state index < -0.39 is 4.33 Å². The summed E-state index contributed by atoms with van der Waals surface area (Å²) in [6.45, 7) is 4.89. The molecule has 42 valence electrons. The summed E-state index contributed by atoms with van der Waals surface area (Å²) in [5, 5.41) is 0.246. The van der Waals surface area contributed by atoms with Crippen LogP contribution in [0, 0.1) is 0 Å². The first-order chi connectivity index (χ1) is 2.94. The Hall–Kier alpha value is 0.610. The summed E-state index contributed by atoms with van der Waals surface area (Å²) in [5.74, 6) is 0. The van der Waals surface area contributed by atoms with Crippen molar-refractivity contribution in [2.75, 3.05) is 0 Å². The Morgan fingerprint density at radius 3 is 1.71 bits per heavy atom. The van der Waals surface area contributed by atoms with E-state index in [-0.39, 0.29) is 5.03 Å². The van der Waals surface area contributed by atoms with Crippen LogP contribution in [0.5, 0.6) is 0 Å². The Morgan fingerprint density at radius 1 is 1.57 bits per heavy atom. The second-order valence-corrected chi connectivity index (χ2v) is 3.45. The highest BCUT2D eigenvalue weighted by Crippen LogP contribution is 2.29. The summed E-state index contributed by atoms with van der Waals surface area (Å²) in [6.07, 6.45) is 0. The van der Waals surface area contributed by atoms with Crippen LogP contribution in [-0.4, -0.2) is 4.33 Å². The van der Waals surface area contributed by atoms with Crippen molar-refractivity contribution in [3.63, 3.8) is 0 Å². The molecule has 0 rings (SSSR count). The van der Waals surface area contributed by atoms with Crippen molar-refractivity contribution in [3.8, 4) is 0 Å². The van der Waals surface area contributed by atoms with E-state index in [1.165, 1.54) is 0 Å². The zero-order valence-electron chi connectivity index (χ0n) is 3.84. The molecule has 0 saturated carbocycles. The normalized spacial score (nSPS) is 11.4. The molecule has 0 aromatic carbocycles. The second kappa shape index (κ2) is 2.25. The molecule has 0 fully saturated rings. The largest absolute Gasteiger partial charge is 0.150 e. The van der Waals surface area contributed by atoms with Crippen LogP contribution >= 0.6 is 34.8 Å². The first-order valence-corrected chi connectivity index (χ1v) is 2.80. The minimum atomic E-state index is -0.985. The van der Waals surface area contributed by atoms with Crippen LogP contribution in [-0.2, 0) is 0 Å². The van der Waals surface area contributed by atoms with E-state index in [1.54, 1.807) is 6.92 Å². The third-order valence-electron chi connectivity index (χ3n) is 0.476. The molecule has 0 aliphatic heterocycles. The van der Waals surface area contributed by atoms with E-state index in [9.17, 15) is 0 Å². The lowest BCUT2D eigenvalue weighted by Gasteiger charge is -2.08. The molecule has 0 N–H and O–H groups in total. The van der Waals surface area contributed by atoms with E-state index in [0.29, 0.717) is 0 Å². The second-order valence-electron chi connectivity index (χ2n) is 1.29. The zero-order chi connectivity index (χ0) is 6.08. The molecule has 0 aliphatic rings. The molecule has 0 bridgehead atoms. The molecule has 3 heteroatoms. The fourth-order valence-electron chi connectivity index (χ4n) is 0. The van der Waals surface area contributed by atoms with Gasteiger partial charge >= 0.3 is 0 Å².